The summed E-state index contributed by atoms with van der Waals surface area (Å²) in [5.74, 6) is -0.424. The second-order valence-electron chi connectivity index (χ2n) is 3.67. The molecule has 1 aromatic carbocycles. The number of esters is 1. The Labute approximate surface area is 119 Å². The molecule has 0 spiro atoms. The van der Waals surface area contributed by atoms with Crippen LogP contribution in [0.15, 0.2) is 24.3 Å². The van der Waals surface area contributed by atoms with Crippen LogP contribution in [0.25, 0.3) is 0 Å². The first-order valence-electron chi connectivity index (χ1n) is 5.70. The van der Waals surface area contributed by atoms with E-state index in [1.807, 2.05) is 0 Å². The minimum absolute atomic E-state index is 0.114. The lowest BCUT2D eigenvalue weighted by Gasteiger charge is -2.14. The number of halogens is 1. The Morgan fingerprint density at radius 1 is 1.35 bits per heavy atom. The Kier molecular flexibility index (Phi) is 5.92. The number of rotatable bonds is 7. The van der Waals surface area contributed by atoms with E-state index in [-0.39, 0.29) is 24.5 Å². The van der Waals surface area contributed by atoms with Gasteiger partial charge in [-0.2, -0.15) is 0 Å². The van der Waals surface area contributed by atoms with E-state index >= 15 is 0 Å². The average Bonchev–Trinajstić information content (AvgIpc) is 2.38. The minimum atomic E-state index is -1.20. The summed E-state index contributed by atoms with van der Waals surface area (Å²) in [6.45, 7) is 1.81. The average molecular weight is 302 g/mol. The number of ether oxygens (including phenoxy) is 2. The van der Waals surface area contributed by atoms with Gasteiger partial charge in [0, 0.05) is 12.1 Å². The summed E-state index contributed by atoms with van der Waals surface area (Å²) in [5, 5.41) is 9.64. The normalized spacial score (nSPS) is 11.5. The lowest BCUT2D eigenvalue weighted by atomic mass is 10.2. The Hall–Kier alpha value is -2.15. The van der Waals surface area contributed by atoms with Gasteiger partial charge in [0.1, 0.15) is 5.75 Å². The van der Waals surface area contributed by atoms with Gasteiger partial charge in [-0.3, -0.25) is 19.7 Å². The summed E-state index contributed by atoms with van der Waals surface area (Å²) >= 11 is 5.34. The molecule has 0 heterocycles. The summed E-state index contributed by atoms with van der Waals surface area (Å²) in [5.41, 5.74) is -0.114. The van der Waals surface area contributed by atoms with E-state index in [9.17, 15) is 19.7 Å². The first-order chi connectivity index (χ1) is 9.43. The fraction of sp³-hybridized carbons (Fsp3) is 0.333. The molecule has 0 aliphatic rings. The van der Waals surface area contributed by atoms with E-state index in [1.54, 1.807) is 6.92 Å². The summed E-state index contributed by atoms with van der Waals surface area (Å²) in [7, 11) is 0. The molecule has 0 aliphatic carbocycles. The molecule has 0 radical (unpaired) electrons. The molecular weight excluding hydrogens is 290 g/mol. The zero-order chi connectivity index (χ0) is 15.1. The maximum atomic E-state index is 11.3. The molecule has 0 saturated carbocycles. The third kappa shape index (κ3) is 4.85. The van der Waals surface area contributed by atoms with Crippen molar-refractivity contribution in [1.29, 1.82) is 0 Å². The number of hydrogen-bond acceptors (Lipinski definition) is 6. The molecular formula is C12H12ClNO6. The van der Waals surface area contributed by atoms with Gasteiger partial charge < -0.3 is 9.47 Å². The van der Waals surface area contributed by atoms with E-state index in [0.29, 0.717) is 0 Å². The van der Waals surface area contributed by atoms with Crippen LogP contribution in [0.1, 0.15) is 13.3 Å². The number of benzene rings is 1. The van der Waals surface area contributed by atoms with E-state index < -0.39 is 22.2 Å². The molecule has 1 aromatic rings. The van der Waals surface area contributed by atoms with Crippen molar-refractivity contribution in [3.05, 3.63) is 34.4 Å². The molecule has 7 nitrogen and oxygen atoms in total. The van der Waals surface area contributed by atoms with E-state index in [4.69, 9.17) is 21.1 Å². The lowest BCUT2D eigenvalue weighted by Crippen LogP contribution is -2.27. The molecule has 8 heteroatoms. The number of hydrogen-bond donors (Lipinski definition) is 0. The number of carbonyl (C=O) groups excluding carboxylic acids is 2. The Bertz CT molecular complexity index is 501. The Morgan fingerprint density at radius 2 is 1.95 bits per heavy atom. The van der Waals surface area contributed by atoms with Crippen molar-refractivity contribution in [3.8, 4) is 5.75 Å². The standard InChI is InChI=1S/C12H12ClNO6/c1-2-19-11(15)7-10(12(13)16)20-9-5-3-8(4-6-9)14(17)18/h3-6,10H,2,7H2,1H3. The molecule has 1 unspecified atom stereocenters. The fourth-order valence-corrected chi connectivity index (χ4v) is 1.47. The van der Waals surface area contributed by atoms with Gasteiger partial charge in [0.2, 0.25) is 0 Å². The smallest absolute Gasteiger partial charge is 0.310 e. The second kappa shape index (κ2) is 7.44. The summed E-state index contributed by atoms with van der Waals surface area (Å²) in [6.07, 6.45) is -1.52. The van der Waals surface area contributed by atoms with Gasteiger partial charge in [0.15, 0.2) is 6.10 Å². The van der Waals surface area contributed by atoms with Crippen molar-refractivity contribution in [2.24, 2.45) is 0 Å². The Balaban J connectivity index is 2.72. The van der Waals surface area contributed by atoms with E-state index in [2.05, 4.69) is 0 Å². The third-order valence-electron chi connectivity index (χ3n) is 2.24. The van der Waals surface area contributed by atoms with E-state index in [0.717, 1.165) is 0 Å². The zero-order valence-electron chi connectivity index (χ0n) is 10.6. The fourth-order valence-electron chi connectivity index (χ4n) is 1.35. The molecule has 0 amide bonds. The molecule has 0 fully saturated rings. The highest BCUT2D eigenvalue weighted by atomic mass is 35.5. The molecule has 0 aromatic heterocycles. The first kappa shape index (κ1) is 15.9. The maximum absolute atomic E-state index is 11.3. The van der Waals surface area contributed by atoms with E-state index in [1.165, 1.54) is 24.3 Å². The van der Waals surface area contributed by atoms with Crippen LogP contribution in [0.2, 0.25) is 0 Å². The number of carbonyl (C=O) groups is 2. The molecule has 20 heavy (non-hydrogen) atoms. The predicted molar refractivity (Wildman–Crippen MR) is 69.6 cm³/mol. The van der Waals surface area contributed by atoms with Crippen molar-refractivity contribution in [2.45, 2.75) is 19.4 Å². The SMILES string of the molecule is CCOC(=O)CC(Oc1ccc([N+](=O)[O-])cc1)C(=O)Cl. The maximum Gasteiger partial charge on any atom is 0.310 e. The van der Waals surface area contributed by atoms with Crippen LogP contribution in [0, 0.1) is 10.1 Å². The van der Waals surface area contributed by atoms with Gasteiger partial charge >= 0.3 is 5.97 Å². The number of non-ortho nitro benzene ring substituents is 1. The molecule has 0 aliphatic heterocycles. The number of nitro groups is 1. The third-order valence-corrected chi connectivity index (χ3v) is 2.48. The zero-order valence-corrected chi connectivity index (χ0v) is 11.3. The predicted octanol–water partition coefficient (Wildman–Crippen LogP) is 2.06. The lowest BCUT2D eigenvalue weighted by molar-refractivity contribution is -0.384. The van der Waals surface area contributed by atoms with Crippen molar-refractivity contribution in [2.75, 3.05) is 6.61 Å². The van der Waals surface area contributed by atoms with Crippen molar-refractivity contribution in [1.82, 2.24) is 0 Å². The molecule has 1 atom stereocenters. The minimum Gasteiger partial charge on any atom is -0.481 e. The van der Waals surface area contributed by atoms with Crippen molar-refractivity contribution in [3.63, 3.8) is 0 Å². The van der Waals surface area contributed by atoms with Gasteiger partial charge in [-0.05, 0) is 30.7 Å². The molecule has 1 rings (SSSR count). The summed E-state index contributed by atoms with van der Waals surface area (Å²) in [6, 6.07) is 5.07. The van der Waals surface area contributed by atoms with Gasteiger partial charge in [0.05, 0.1) is 18.0 Å². The first-order valence-corrected chi connectivity index (χ1v) is 6.08. The highest BCUT2D eigenvalue weighted by Crippen LogP contribution is 2.20. The molecule has 0 saturated heterocycles. The van der Waals surface area contributed by atoms with Crippen LogP contribution in [0.5, 0.6) is 5.75 Å². The van der Waals surface area contributed by atoms with Gasteiger partial charge in [-0.15, -0.1) is 0 Å². The van der Waals surface area contributed by atoms with Crippen LogP contribution >= 0.6 is 11.6 Å². The highest BCUT2D eigenvalue weighted by molar-refractivity contribution is 6.64. The van der Waals surface area contributed by atoms with Crippen LogP contribution in [0.3, 0.4) is 0 Å². The quantitative estimate of drug-likeness (QED) is 0.331. The second-order valence-corrected chi connectivity index (χ2v) is 4.04. The largest absolute Gasteiger partial charge is 0.481 e. The van der Waals surface area contributed by atoms with Crippen LogP contribution < -0.4 is 4.74 Å². The van der Waals surface area contributed by atoms with Crippen molar-refractivity contribution >= 4 is 28.5 Å². The Morgan fingerprint density at radius 3 is 2.40 bits per heavy atom. The van der Waals surface area contributed by atoms with Gasteiger partial charge in [-0.25, -0.2) is 0 Å². The molecule has 0 bridgehead atoms. The number of nitro benzene ring substituents is 1. The molecule has 108 valence electrons. The van der Waals surface area contributed by atoms with Crippen LogP contribution in [-0.4, -0.2) is 28.8 Å². The summed E-state index contributed by atoms with van der Waals surface area (Å²) < 4.78 is 9.91. The number of nitrogens with zero attached hydrogens (tertiary/aromatic N) is 1. The molecule has 0 N–H and O–H groups in total. The monoisotopic (exact) mass is 301 g/mol. The summed E-state index contributed by atoms with van der Waals surface area (Å²) in [4.78, 5) is 32.4. The van der Waals surface area contributed by atoms with Gasteiger partial charge in [-0.1, -0.05) is 0 Å². The topological polar surface area (TPSA) is 95.7 Å². The highest BCUT2D eigenvalue weighted by Gasteiger charge is 2.23. The van der Waals surface area contributed by atoms with Crippen LogP contribution in [0.4, 0.5) is 5.69 Å². The van der Waals surface area contributed by atoms with Crippen molar-refractivity contribution < 1.29 is 24.0 Å². The van der Waals surface area contributed by atoms with Crippen LogP contribution in [-0.2, 0) is 14.3 Å². The van der Waals surface area contributed by atoms with Gasteiger partial charge in [0.25, 0.3) is 10.9 Å².